The van der Waals surface area contributed by atoms with Gasteiger partial charge in [0.05, 0.1) is 0 Å². The normalized spacial score (nSPS) is 13.4. The number of nitrogens with zero attached hydrogens (tertiary/aromatic N) is 1. The molecule has 0 amide bonds. The van der Waals surface area contributed by atoms with Crippen LogP contribution in [-0.2, 0) is 13.1 Å². The summed E-state index contributed by atoms with van der Waals surface area (Å²) < 4.78 is 0. The van der Waals surface area contributed by atoms with Crippen LogP contribution in [0, 0.1) is 0 Å². The summed E-state index contributed by atoms with van der Waals surface area (Å²) >= 11 is 3.87. The molecule has 0 saturated carbocycles. The molecule has 1 rings (SSSR count). The molecule has 110 valence electrons. The highest BCUT2D eigenvalue weighted by molar-refractivity contribution is 7.98. The zero-order chi connectivity index (χ0) is 14.3. The number of thiophene rings is 1. The maximum Gasteiger partial charge on any atom is 0.0327 e. The fourth-order valence-electron chi connectivity index (χ4n) is 1.82. The first-order chi connectivity index (χ1) is 9.02. The Hall–Kier alpha value is -0.0300. The van der Waals surface area contributed by atoms with Gasteiger partial charge in [0.25, 0.3) is 0 Å². The lowest BCUT2D eigenvalue weighted by Gasteiger charge is -2.23. The third-order valence-corrected chi connectivity index (χ3v) is 5.01. The summed E-state index contributed by atoms with van der Waals surface area (Å²) in [5.41, 5.74) is 0. The molecule has 4 heteroatoms. The summed E-state index contributed by atoms with van der Waals surface area (Å²) in [6.07, 6.45) is 3.45. The highest BCUT2D eigenvalue weighted by atomic mass is 32.2. The van der Waals surface area contributed by atoms with E-state index < -0.39 is 0 Å². The van der Waals surface area contributed by atoms with Gasteiger partial charge >= 0.3 is 0 Å². The molecule has 1 aromatic rings. The number of hydrogen-bond acceptors (Lipinski definition) is 4. The molecule has 19 heavy (non-hydrogen) atoms. The molecule has 1 N–H and O–H groups in total. The second kappa shape index (κ2) is 9.01. The van der Waals surface area contributed by atoms with E-state index >= 15 is 0 Å². The Kier molecular flexibility index (Phi) is 8.07. The molecule has 0 aliphatic rings. The fraction of sp³-hybridized carbons (Fsp3) is 0.733. The average molecular weight is 301 g/mol. The van der Waals surface area contributed by atoms with Gasteiger partial charge in [-0.2, -0.15) is 11.8 Å². The SMILES string of the molecule is CSCCC(C)N(C)Cc1ccc(CNC(C)C)s1. The molecule has 0 radical (unpaired) electrons. The third kappa shape index (κ3) is 6.80. The first-order valence-corrected chi connectivity index (χ1v) is 9.24. The Bertz CT molecular complexity index is 350. The van der Waals surface area contributed by atoms with E-state index in [-0.39, 0.29) is 0 Å². The van der Waals surface area contributed by atoms with Crippen LogP contribution in [-0.4, -0.2) is 36.0 Å². The molecule has 0 spiro atoms. The largest absolute Gasteiger partial charge is 0.310 e. The van der Waals surface area contributed by atoms with Gasteiger partial charge in [-0.1, -0.05) is 13.8 Å². The molecular formula is C15H28N2S2. The number of rotatable bonds is 9. The Morgan fingerprint density at radius 2 is 1.95 bits per heavy atom. The zero-order valence-corrected chi connectivity index (χ0v) is 14.5. The minimum atomic E-state index is 0.555. The Balaban J connectivity index is 2.39. The minimum Gasteiger partial charge on any atom is -0.310 e. The van der Waals surface area contributed by atoms with Crippen LogP contribution in [0.1, 0.15) is 36.9 Å². The van der Waals surface area contributed by atoms with E-state index in [1.165, 1.54) is 21.9 Å². The molecule has 0 saturated heterocycles. The average Bonchev–Trinajstić information content (AvgIpc) is 2.81. The molecule has 1 unspecified atom stereocenters. The van der Waals surface area contributed by atoms with Gasteiger partial charge in [-0.25, -0.2) is 0 Å². The van der Waals surface area contributed by atoms with E-state index in [1.807, 2.05) is 23.1 Å². The van der Waals surface area contributed by atoms with Crippen LogP contribution in [0.5, 0.6) is 0 Å². The van der Waals surface area contributed by atoms with E-state index in [9.17, 15) is 0 Å². The van der Waals surface area contributed by atoms with Crippen LogP contribution in [0.4, 0.5) is 0 Å². The van der Waals surface area contributed by atoms with Crippen LogP contribution in [0.2, 0.25) is 0 Å². The Morgan fingerprint density at radius 1 is 1.26 bits per heavy atom. The molecule has 0 aromatic carbocycles. The van der Waals surface area contributed by atoms with E-state index in [2.05, 4.69) is 56.4 Å². The van der Waals surface area contributed by atoms with Crippen molar-refractivity contribution in [2.75, 3.05) is 19.1 Å². The van der Waals surface area contributed by atoms with Crippen molar-refractivity contribution in [3.63, 3.8) is 0 Å². The summed E-state index contributed by atoms with van der Waals surface area (Å²) in [5, 5.41) is 3.47. The predicted octanol–water partition coefficient (Wildman–Crippen LogP) is 3.82. The van der Waals surface area contributed by atoms with Crippen LogP contribution < -0.4 is 5.32 Å². The van der Waals surface area contributed by atoms with Crippen LogP contribution in [0.15, 0.2) is 12.1 Å². The van der Waals surface area contributed by atoms with Crippen molar-refractivity contribution in [1.82, 2.24) is 10.2 Å². The second-order valence-electron chi connectivity index (χ2n) is 5.45. The van der Waals surface area contributed by atoms with Gasteiger partial charge in [0, 0.05) is 34.9 Å². The van der Waals surface area contributed by atoms with Crippen molar-refractivity contribution in [3.05, 3.63) is 21.9 Å². The van der Waals surface area contributed by atoms with Crippen LogP contribution >= 0.6 is 23.1 Å². The molecule has 0 fully saturated rings. The third-order valence-electron chi connectivity index (χ3n) is 3.30. The zero-order valence-electron chi connectivity index (χ0n) is 12.9. The lowest BCUT2D eigenvalue weighted by Crippen LogP contribution is -2.28. The lowest BCUT2D eigenvalue weighted by molar-refractivity contribution is 0.247. The standard InChI is InChI=1S/C15H28N2S2/c1-12(2)16-10-14-6-7-15(19-14)11-17(4)13(3)8-9-18-5/h6-7,12-13,16H,8-11H2,1-5H3. The molecule has 1 aromatic heterocycles. The number of nitrogens with one attached hydrogen (secondary N) is 1. The molecular weight excluding hydrogens is 272 g/mol. The van der Waals surface area contributed by atoms with Gasteiger partial charge < -0.3 is 5.32 Å². The smallest absolute Gasteiger partial charge is 0.0327 e. The number of thioether (sulfide) groups is 1. The lowest BCUT2D eigenvalue weighted by atomic mass is 10.2. The van der Waals surface area contributed by atoms with Gasteiger partial charge in [-0.3, -0.25) is 4.90 Å². The van der Waals surface area contributed by atoms with E-state index in [1.54, 1.807) is 0 Å². The van der Waals surface area contributed by atoms with Gasteiger partial charge in [0.2, 0.25) is 0 Å². The Labute approximate surface area is 127 Å². The summed E-state index contributed by atoms with van der Waals surface area (Å²) in [5.74, 6) is 1.25. The first kappa shape index (κ1) is 17.0. The minimum absolute atomic E-state index is 0.555. The van der Waals surface area contributed by atoms with Crippen LogP contribution in [0.25, 0.3) is 0 Å². The predicted molar refractivity (Wildman–Crippen MR) is 90.2 cm³/mol. The molecule has 2 nitrogen and oxygen atoms in total. The van der Waals surface area contributed by atoms with E-state index in [0.29, 0.717) is 12.1 Å². The monoisotopic (exact) mass is 300 g/mol. The van der Waals surface area contributed by atoms with Crippen molar-refractivity contribution >= 4 is 23.1 Å². The maximum absolute atomic E-state index is 3.47. The quantitative estimate of drug-likeness (QED) is 0.746. The second-order valence-corrected chi connectivity index (χ2v) is 7.69. The molecule has 0 bridgehead atoms. The van der Waals surface area contributed by atoms with Gasteiger partial charge in [0.15, 0.2) is 0 Å². The van der Waals surface area contributed by atoms with Crippen molar-refractivity contribution in [1.29, 1.82) is 0 Å². The highest BCUT2D eigenvalue weighted by Crippen LogP contribution is 2.19. The van der Waals surface area contributed by atoms with Crippen molar-refractivity contribution in [2.24, 2.45) is 0 Å². The first-order valence-electron chi connectivity index (χ1n) is 7.03. The maximum atomic E-state index is 3.47. The Morgan fingerprint density at radius 3 is 2.58 bits per heavy atom. The fourth-order valence-corrected chi connectivity index (χ4v) is 3.43. The summed E-state index contributed by atoms with van der Waals surface area (Å²) in [7, 11) is 2.23. The number of hydrogen-bond donors (Lipinski definition) is 1. The topological polar surface area (TPSA) is 15.3 Å². The summed E-state index contributed by atoms with van der Waals surface area (Å²) in [4.78, 5) is 5.37. The van der Waals surface area contributed by atoms with Gasteiger partial charge in [0.1, 0.15) is 0 Å². The molecule has 1 heterocycles. The van der Waals surface area contributed by atoms with E-state index in [0.717, 1.165) is 13.1 Å². The van der Waals surface area contributed by atoms with Gasteiger partial charge in [-0.05, 0) is 44.5 Å². The van der Waals surface area contributed by atoms with Gasteiger partial charge in [-0.15, -0.1) is 11.3 Å². The molecule has 1 atom stereocenters. The van der Waals surface area contributed by atoms with Crippen molar-refractivity contribution in [2.45, 2.75) is 52.4 Å². The molecule has 0 aliphatic carbocycles. The van der Waals surface area contributed by atoms with Crippen molar-refractivity contribution < 1.29 is 0 Å². The molecule has 0 aliphatic heterocycles. The van der Waals surface area contributed by atoms with Crippen molar-refractivity contribution in [3.8, 4) is 0 Å². The van der Waals surface area contributed by atoms with E-state index in [4.69, 9.17) is 0 Å². The summed E-state index contributed by atoms with van der Waals surface area (Å²) in [6, 6.07) is 5.75. The van der Waals surface area contributed by atoms with Crippen LogP contribution in [0.3, 0.4) is 0 Å². The highest BCUT2D eigenvalue weighted by Gasteiger charge is 2.10. The summed E-state index contributed by atoms with van der Waals surface area (Å²) in [6.45, 7) is 8.77.